The van der Waals surface area contributed by atoms with Crippen LogP contribution in [0.25, 0.3) is 11.3 Å². The van der Waals surface area contributed by atoms with E-state index in [9.17, 15) is 9.59 Å². The normalized spacial score (nSPS) is 10.6. The van der Waals surface area contributed by atoms with Crippen LogP contribution in [0.1, 0.15) is 16.0 Å². The maximum atomic E-state index is 12.2. The van der Waals surface area contributed by atoms with E-state index in [1.807, 2.05) is 69.3 Å². The molecule has 5 nitrogen and oxygen atoms in total. The molecule has 1 aromatic heterocycles. The van der Waals surface area contributed by atoms with Crippen molar-refractivity contribution in [2.75, 3.05) is 22.1 Å². The van der Waals surface area contributed by atoms with E-state index in [1.165, 1.54) is 28.7 Å². The standard InChI is InChI=1S/C22H23N3O2S2/c1-14-7-9-17(10-8-14)21-16(3)29-22(25-21)24-20(27)13-28-12-19(26)23-18-6-4-5-15(2)11-18/h4-11H,12-13H2,1-3H3,(H,23,26)(H,24,25,27). The van der Waals surface area contributed by atoms with Crippen molar-refractivity contribution in [2.24, 2.45) is 0 Å². The van der Waals surface area contributed by atoms with E-state index in [0.29, 0.717) is 5.13 Å². The molecule has 0 aliphatic heterocycles. The van der Waals surface area contributed by atoms with Crippen LogP contribution in [0.4, 0.5) is 10.8 Å². The number of anilines is 2. The summed E-state index contributed by atoms with van der Waals surface area (Å²) in [6.07, 6.45) is 0. The van der Waals surface area contributed by atoms with E-state index < -0.39 is 0 Å². The number of aromatic nitrogens is 1. The van der Waals surface area contributed by atoms with Crippen molar-refractivity contribution in [3.05, 3.63) is 64.5 Å². The lowest BCUT2D eigenvalue weighted by atomic mass is 10.1. The Morgan fingerprint density at radius 2 is 1.62 bits per heavy atom. The largest absolute Gasteiger partial charge is 0.325 e. The van der Waals surface area contributed by atoms with Crippen LogP contribution in [0, 0.1) is 20.8 Å². The van der Waals surface area contributed by atoms with Crippen molar-refractivity contribution in [1.82, 2.24) is 4.98 Å². The predicted octanol–water partition coefficient (Wildman–Crippen LogP) is 5.05. The summed E-state index contributed by atoms with van der Waals surface area (Å²) in [4.78, 5) is 29.8. The van der Waals surface area contributed by atoms with E-state index in [2.05, 4.69) is 15.6 Å². The average Bonchev–Trinajstić information content (AvgIpc) is 3.02. The SMILES string of the molecule is Cc1ccc(-c2nc(NC(=O)CSCC(=O)Nc3cccc(C)c3)sc2C)cc1. The van der Waals surface area contributed by atoms with Gasteiger partial charge >= 0.3 is 0 Å². The Labute approximate surface area is 179 Å². The molecule has 0 saturated heterocycles. The molecule has 3 aromatic rings. The number of hydrogen-bond acceptors (Lipinski definition) is 5. The highest BCUT2D eigenvalue weighted by atomic mass is 32.2. The third-order valence-electron chi connectivity index (χ3n) is 4.14. The first kappa shape index (κ1) is 21.1. The highest BCUT2D eigenvalue weighted by Crippen LogP contribution is 2.30. The van der Waals surface area contributed by atoms with Crippen molar-refractivity contribution in [3.63, 3.8) is 0 Å². The molecule has 2 N–H and O–H groups in total. The Bertz CT molecular complexity index is 1010. The third-order valence-corrected chi connectivity index (χ3v) is 5.95. The van der Waals surface area contributed by atoms with Crippen molar-refractivity contribution < 1.29 is 9.59 Å². The summed E-state index contributed by atoms with van der Waals surface area (Å²) < 4.78 is 0. The Hall–Kier alpha value is -2.64. The van der Waals surface area contributed by atoms with Gasteiger partial charge in [0.25, 0.3) is 0 Å². The van der Waals surface area contributed by atoms with Crippen molar-refractivity contribution in [2.45, 2.75) is 20.8 Å². The lowest BCUT2D eigenvalue weighted by Gasteiger charge is -2.06. The second-order valence-corrected chi connectivity index (χ2v) is 8.94. The molecule has 2 aromatic carbocycles. The molecular weight excluding hydrogens is 402 g/mol. The third kappa shape index (κ3) is 6.17. The molecule has 0 radical (unpaired) electrons. The molecule has 0 spiro atoms. The summed E-state index contributed by atoms with van der Waals surface area (Å²) in [6, 6.07) is 15.8. The van der Waals surface area contributed by atoms with Crippen LogP contribution in [0.2, 0.25) is 0 Å². The second kappa shape index (κ2) is 9.71. The number of aryl methyl sites for hydroxylation is 3. The summed E-state index contributed by atoms with van der Waals surface area (Å²) in [7, 11) is 0. The Kier molecular flexibility index (Phi) is 7.06. The summed E-state index contributed by atoms with van der Waals surface area (Å²) in [5.74, 6) is 0.120. The maximum Gasteiger partial charge on any atom is 0.236 e. The molecule has 0 bridgehead atoms. The van der Waals surface area contributed by atoms with Crippen LogP contribution in [0.5, 0.6) is 0 Å². The first-order valence-corrected chi connectivity index (χ1v) is 11.2. The minimum absolute atomic E-state index is 0.125. The van der Waals surface area contributed by atoms with Crippen molar-refractivity contribution in [1.29, 1.82) is 0 Å². The van der Waals surface area contributed by atoms with Gasteiger partial charge in [0.1, 0.15) is 0 Å². The maximum absolute atomic E-state index is 12.2. The van der Waals surface area contributed by atoms with Crippen LogP contribution in [-0.4, -0.2) is 28.3 Å². The predicted molar refractivity (Wildman–Crippen MR) is 123 cm³/mol. The zero-order chi connectivity index (χ0) is 20.8. The minimum atomic E-state index is -0.164. The van der Waals surface area contributed by atoms with Gasteiger partial charge in [0.05, 0.1) is 17.2 Å². The number of hydrogen-bond donors (Lipinski definition) is 2. The number of amides is 2. The first-order valence-electron chi connectivity index (χ1n) is 9.19. The summed E-state index contributed by atoms with van der Waals surface area (Å²) in [5.41, 5.74) is 4.96. The van der Waals surface area contributed by atoms with E-state index in [1.54, 1.807) is 0 Å². The van der Waals surface area contributed by atoms with Gasteiger partial charge in [-0.25, -0.2) is 4.98 Å². The molecule has 2 amide bonds. The van der Waals surface area contributed by atoms with Gasteiger partial charge in [0.2, 0.25) is 11.8 Å². The number of thiazole rings is 1. The molecule has 150 valence electrons. The zero-order valence-corrected chi connectivity index (χ0v) is 18.2. The highest BCUT2D eigenvalue weighted by Gasteiger charge is 2.13. The average molecular weight is 426 g/mol. The minimum Gasteiger partial charge on any atom is -0.325 e. The van der Waals surface area contributed by atoms with Crippen molar-refractivity contribution in [3.8, 4) is 11.3 Å². The number of carbonyl (C=O) groups is 2. The first-order chi connectivity index (χ1) is 13.9. The Morgan fingerprint density at radius 1 is 0.931 bits per heavy atom. The topological polar surface area (TPSA) is 71.1 Å². The van der Waals surface area contributed by atoms with Crippen LogP contribution in [-0.2, 0) is 9.59 Å². The fourth-order valence-electron chi connectivity index (χ4n) is 2.74. The van der Waals surface area contributed by atoms with Gasteiger partial charge in [-0.15, -0.1) is 23.1 Å². The lowest BCUT2D eigenvalue weighted by Crippen LogP contribution is -2.18. The van der Waals surface area contributed by atoms with E-state index in [0.717, 1.165) is 27.4 Å². The van der Waals surface area contributed by atoms with Crippen molar-refractivity contribution >= 4 is 45.7 Å². The zero-order valence-electron chi connectivity index (χ0n) is 16.6. The fourth-order valence-corrected chi connectivity index (χ4v) is 4.21. The summed E-state index contributed by atoms with van der Waals surface area (Å²) in [5, 5.41) is 6.25. The quantitative estimate of drug-likeness (QED) is 0.556. The smallest absolute Gasteiger partial charge is 0.236 e. The van der Waals surface area contributed by atoms with Crippen LogP contribution >= 0.6 is 23.1 Å². The highest BCUT2D eigenvalue weighted by molar-refractivity contribution is 8.00. The number of carbonyl (C=O) groups excluding carboxylic acids is 2. The number of benzene rings is 2. The van der Waals surface area contributed by atoms with E-state index in [4.69, 9.17) is 0 Å². The van der Waals surface area contributed by atoms with Gasteiger partial charge in [0, 0.05) is 16.1 Å². The van der Waals surface area contributed by atoms with E-state index in [-0.39, 0.29) is 23.3 Å². The van der Waals surface area contributed by atoms with Gasteiger partial charge in [-0.1, -0.05) is 42.0 Å². The number of nitrogens with one attached hydrogen (secondary N) is 2. The summed E-state index contributed by atoms with van der Waals surface area (Å²) in [6.45, 7) is 6.01. The van der Waals surface area contributed by atoms with Crippen LogP contribution < -0.4 is 10.6 Å². The molecule has 0 fully saturated rings. The van der Waals surface area contributed by atoms with Gasteiger partial charge in [-0.2, -0.15) is 0 Å². The van der Waals surface area contributed by atoms with Gasteiger partial charge in [-0.3, -0.25) is 9.59 Å². The molecule has 1 heterocycles. The molecule has 7 heteroatoms. The monoisotopic (exact) mass is 425 g/mol. The fraction of sp³-hybridized carbons (Fsp3) is 0.227. The second-order valence-electron chi connectivity index (χ2n) is 6.75. The molecule has 29 heavy (non-hydrogen) atoms. The molecule has 0 atom stereocenters. The van der Waals surface area contributed by atoms with Gasteiger partial charge in [-0.05, 0) is 38.5 Å². The number of thioether (sulfide) groups is 1. The van der Waals surface area contributed by atoms with E-state index >= 15 is 0 Å². The molecular formula is C22H23N3O2S2. The number of nitrogens with zero attached hydrogens (tertiary/aromatic N) is 1. The van der Waals surface area contributed by atoms with Crippen LogP contribution in [0.15, 0.2) is 48.5 Å². The number of rotatable bonds is 7. The Morgan fingerprint density at radius 3 is 2.31 bits per heavy atom. The lowest BCUT2D eigenvalue weighted by molar-refractivity contribution is -0.114. The summed E-state index contributed by atoms with van der Waals surface area (Å²) >= 11 is 2.73. The molecule has 3 rings (SSSR count). The molecule has 0 unspecified atom stereocenters. The van der Waals surface area contributed by atoms with Crippen LogP contribution in [0.3, 0.4) is 0 Å². The molecule has 0 aliphatic rings. The molecule has 0 aliphatic carbocycles. The van der Waals surface area contributed by atoms with Gasteiger partial charge in [0.15, 0.2) is 5.13 Å². The molecule has 0 saturated carbocycles. The van der Waals surface area contributed by atoms with Gasteiger partial charge < -0.3 is 10.6 Å². The Balaban J connectivity index is 1.48.